The van der Waals surface area contributed by atoms with Gasteiger partial charge in [0, 0.05) is 13.0 Å². The molecular formula is C19H38O4. The number of aliphatic hydroxyl groups excluding tert-OH is 1. The summed E-state index contributed by atoms with van der Waals surface area (Å²) in [5.74, 6) is 0. The van der Waals surface area contributed by atoms with Crippen LogP contribution in [-0.2, 0) is 14.2 Å². The average Bonchev–Trinajstić information content (AvgIpc) is 3.00. The molecule has 138 valence electrons. The van der Waals surface area contributed by atoms with E-state index >= 15 is 0 Å². The normalized spacial score (nSPS) is 22.6. The molecule has 1 heterocycles. The predicted octanol–water partition coefficient (Wildman–Crippen LogP) is 4.44. The first-order valence-corrected chi connectivity index (χ1v) is 9.75. The van der Waals surface area contributed by atoms with Gasteiger partial charge in [0.2, 0.25) is 0 Å². The van der Waals surface area contributed by atoms with Crippen LogP contribution in [0.2, 0.25) is 0 Å². The van der Waals surface area contributed by atoms with E-state index in [4.69, 9.17) is 19.3 Å². The molecule has 0 aromatic heterocycles. The van der Waals surface area contributed by atoms with Crippen molar-refractivity contribution in [2.45, 2.75) is 103 Å². The van der Waals surface area contributed by atoms with Crippen LogP contribution in [0.5, 0.6) is 0 Å². The molecule has 1 aliphatic rings. The number of hydrogen-bond acceptors (Lipinski definition) is 4. The lowest BCUT2D eigenvalue weighted by Gasteiger charge is -2.17. The second-order valence-electron chi connectivity index (χ2n) is 6.80. The van der Waals surface area contributed by atoms with Crippen molar-refractivity contribution in [1.29, 1.82) is 0 Å². The molecule has 1 N–H and O–H groups in total. The Morgan fingerprint density at radius 1 is 1.00 bits per heavy atom. The molecule has 1 saturated heterocycles. The van der Waals surface area contributed by atoms with Gasteiger partial charge in [0.1, 0.15) is 6.10 Å². The van der Waals surface area contributed by atoms with E-state index in [1.807, 2.05) is 0 Å². The highest BCUT2D eigenvalue weighted by Crippen LogP contribution is 2.17. The lowest BCUT2D eigenvalue weighted by Crippen LogP contribution is -2.21. The molecular weight excluding hydrogens is 292 g/mol. The van der Waals surface area contributed by atoms with Crippen LogP contribution in [0.15, 0.2) is 0 Å². The molecule has 1 rings (SSSR count). The van der Waals surface area contributed by atoms with Crippen molar-refractivity contribution in [2.24, 2.45) is 0 Å². The smallest absolute Gasteiger partial charge is 0.160 e. The van der Waals surface area contributed by atoms with Gasteiger partial charge < -0.3 is 19.3 Å². The van der Waals surface area contributed by atoms with E-state index in [0.29, 0.717) is 6.61 Å². The Morgan fingerprint density at radius 2 is 1.61 bits per heavy atom. The Bertz CT molecular complexity index is 260. The monoisotopic (exact) mass is 330 g/mol. The van der Waals surface area contributed by atoms with Crippen molar-refractivity contribution in [1.82, 2.24) is 0 Å². The van der Waals surface area contributed by atoms with E-state index in [2.05, 4.69) is 13.8 Å². The zero-order valence-electron chi connectivity index (χ0n) is 15.3. The summed E-state index contributed by atoms with van der Waals surface area (Å²) in [6.45, 7) is 5.68. The Morgan fingerprint density at radius 3 is 2.17 bits per heavy atom. The summed E-state index contributed by atoms with van der Waals surface area (Å²) in [6, 6.07) is 0. The van der Waals surface area contributed by atoms with Gasteiger partial charge in [0.05, 0.1) is 19.3 Å². The van der Waals surface area contributed by atoms with Crippen molar-refractivity contribution in [3.8, 4) is 0 Å². The van der Waals surface area contributed by atoms with Crippen molar-refractivity contribution < 1.29 is 19.3 Å². The Balaban J connectivity index is 1.82. The maximum absolute atomic E-state index is 9.00. The molecule has 0 aliphatic carbocycles. The quantitative estimate of drug-likeness (QED) is 0.451. The Labute approximate surface area is 142 Å². The molecule has 1 fully saturated rings. The molecule has 4 nitrogen and oxygen atoms in total. The van der Waals surface area contributed by atoms with Gasteiger partial charge in [0.15, 0.2) is 6.29 Å². The lowest BCUT2D eigenvalue weighted by atomic mass is 10.1. The summed E-state index contributed by atoms with van der Waals surface area (Å²) in [4.78, 5) is 0. The summed E-state index contributed by atoms with van der Waals surface area (Å²) in [5, 5.41) is 9.00. The van der Waals surface area contributed by atoms with Gasteiger partial charge in [-0.2, -0.15) is 0 Å². The van der Waals surface area contributed by atoms with Crippen LogP contribution >= 0.6 is 0 Å². The fourth-order valence-electron chi connectivity index (χ4n) is 2.94. The van der Waals surface area contributed by atoms with Gasteiger partial charge in [-0.3, -0.25) is 0 Å². The minimum Gasteiger partial charge on any atom is -0.394 e. The van der Waals surface area contributed by atoms with Gasteiger partial charge >= 0.3 is 0 Å². The van der Waals surface area contributed by atoms with E-state index in [-0.39, 0.29) is 25.1 Å². The molecule has 0 bridgehead atoms. The minimum absolute atomic E-state index is 0.0321. The maximum atomic E-state index is 9.00. The van der Waals surface area contributed by atoms with Crippen LogP contribution in [0, 0.1) is 0 Å². The van der Waals surface area contributed by atoms with Crippen LogP contribution in [-0.4, -0.2) is 43.4 Å². The average molecular weight is 331 g/mol. The first-order chi connectivity index (χ1) is 11.3. The Hall–Kier alpha value is -0.160. The molecule has 3 atom stereocenters. The number of ether oxygens (including phenoxy) is 3. The highest BCUT2D eigenvalue weighted by Gasteiger charge is 2.26. The number of hydrogen-bond donors (Lipinski definition) is 1. The van der Waals surface area contributed by atoms with Crippen LogP contribution in [0.1, 0.15) is 84.5 Å². The standard InChI is InChI=1S/C19H38O4/c1-3-4-5-6-7-8-9-10-11-12-13-21-17(2)14-19-22-16-18(15-20)23-19/h17-20H,3-16H2,1-2H3/t17?,18-,19+/m1/s1. The van der Waals surface area contributed by atoms with Gasteiger partial charge in [-0.05, 0) is 13.3 Å². The first kappa shape index (κ1) is 20.9. The molecule has 1 aliphatic heterocycles. The first-order valence-electron chi connectivity index (χ1n) is 9.75. The molecule has 0 amide bonds. The fraction of sp³-hybridized carbons (Fsp3) is 1.00. The van der Waals surface area contributed by atoms with Crippen molar-refractivity contribution >= 4 is 0 Å². The third-order valence-electron chi connectivity index (χ3n) is 4.44. The largest absolute Gasteiger partial charge is 0.394 e. The van der Waals surface area contributed by atoms with E-state index in [1.165, 1.54) is 57.8 Å². The summed E-state index contributed by atoms with van der Waals surface area (Å²) in [7, 11) is 0. The Kier molecular flexibility index (Phi) is 12.9. The van der Waals surface area contributed by atoms with Crippen molar-refractivity contribution in [3.05, 3.63) is 0 Å². The third-order valence-corrected chi connectivity index (χ3v) is 4.44. The second kappa shape index (κ2) is 14.2. The van der Waals surface area contributed by atoms with Gasteiger partial charge in [-0.25, -0.2) is 0 Å². The number of aliphatic hydroxyl groups is 1. The molecule has 0 saturated carbocycles. The van der Waals surface area contributed by atoms with Crippen molar-refractivity contribution in [3.63, 3.8) is 0 Å². The fourth-order valence-corrected chi connectivity index (χ4v) is 2.94. The van der Waals surface area contributed by atoms with Gasteiger partial charge in [0.25, 0.3) is 0 Å². The van der Waals surface area contributed by atoms with E-state index in [1.54, 1.807) is 0 Å². The van der Waals surface area contributed by atoms with Crippen molar-refractivity contribution in [2.75, 3.05) is 19.8 Å². The van der Waals surface area contributed by atoms with Crippen LogP contribution in [0.4, 0.5) is 0 Å². The molecule has 1 unspecified atom stereocenters. The lowest BCUT2D eigenvalue weighted by molar-refractivity contribution is -0.0959. The highest BCUT2D eigenvalue weighted by atomic mass is 16.7. The predicted molar refractivity (Wildman–Crippen MR) is 93.6 cm³/mol. The minimum atomic E-state index is -0.213. The van der Waals surface area contributed by atoms with E-state index < -0.39 is 0 Å². The van der Waals surface area contributed by atoms with E-state index in [9.17, 15) is 0 Å². The van der Waals surface area contributed by atoms with E-state index in [0.717, 1.165) is 19.4 Å². The SMILES string of the molecule is CCCCCCCCCCCCOC(C)C[C@H]1OC[C@@H](CO)O1. The molecule has 0 radical (unpaired) electrons. The van der Waals surface area contributed by atoms with Gasteiger partial charge in [-0.1, -0.05) is 64.7 Å². The molecule has 0 aromatic carbocycles. The molecule has 0 spiro atoms. The molecule has 4 heteroatoms. The number of unbranched alkanes of at least 4 members (excludes halogenated alkanes) is 9. The zero-order valence-corrected chi connectivity index (χ0v) is 15.3. The van der Waals surface area contributed by atoms with Crippen LogP contribution in [0.25, 0.3) is 0 Å². The second-order valence-corrected chi connectivity index (χ2v) is 6.80. The molecule has 0 aromatic rings. The number of rotatable bonds is 15. The summed E-state index contributed by atoms with van der Waals surface area (Å²) in [5.41, 5.74) is 0. The third kappa shape index (κ3) is 11.1. The van der Waals surface area contributed by atoms with Crippen LogP contribution in [0.3, 0.4) is 0 Å². The topological polar surface area (TPSA) is 47.9 Å². The summed E-state index contributed by atoms with van der Waals surface area (Å²) < 4.78 is 16.8. The highest BCUT2D eigenvalue weighted by molar-refractivity contribution is 4.66. The summed E-state index contributed by atoms with van der Waals surface area (Å²) in [6.07, 6.45) is 14.0. The summed E-state index contributed by atoms with van der Waals surface area (Å²) >= 11 is 0. The van der Waals surface area contributed by atoms with Crippen LogP contribution < -0.4 is 0 Å². The maximum Gasteiger partial charge on any atom is 0.160 e. The van der Waals surface area contributed by atoms with Gasteiger partial charge in [-0.15, -0.1) is 0 Å². The molecule has 23 heavy (non-hydrogen) atoms. The zero-order chi connectivity index (χ0) is 16.8.